The van der Waals surface area contributed by atoms with Crippen molar-refractivity contribution in [2.45, 2.75) is 31.6 Å². The average Bonchev–Trinajstić information content (AvgIpc) is 2.65. The van der Waals surface area contributed by atoms with Crippen molar-refractivity contribution in [2.75, 3.05) is 52.7 Å². The highest BCUT2D eigenvalue weighted by molar-refractivity contribution is 7.99. The van der Waals surface area contributed by atoms with E-state index in [1.807, 2.05) is 18.8 Å². The van der Waals surface area contributed by atoms with Gasteiger partial charge in [-0.05, 0) is 32.6 Å². The molecule has 146 valence electrons. The van der Waals surface area contributed by atoms with Crippen LogP contribution >= 0.6 is 11.8 Å². The first-order chi connectivity index (χ1) is 12.4. The molecule has 0 spiro atoms. The molecule has 6 heteroatoms. The Bertz CT molecular complexity index is 585. The molecule has 0 saturated carbocycles. The molecule has 0 bridgehead atoms. The van der Waals surface area contributed by atoms with Gasteiger partial charge in [0.15, 0.2) is 5.96 Å². The summed E-state index contributed by atoms with van der Waals surface area (Å²) in [6, 6.07) is 9.12. The summed E-state index contributed by atoms with van der Waals surface area (Å²) in [7, 11) is 1.83. The fourth-order valence-electron chi connectivity index (χ4n) is 3.01. The first-order valence-corrected chi connectivity index (χ1v) is 10.6. The van der Waals surface area contributed by atoms with E-state index in [0.717, 1.165) is 45.4 Å². The Hall–Kier alpha value is -1.24. The molecule has 1 fully saturated rings. The number of nitrogens with zero attached hydrogens (tertiary/aromatic N) is 2. The van der Waals surface area contributed by atoms with Crippen LogP contribution in [0.25, 0.3) is 0 Å². The minimum Gasteiger partial charge on any atom is -0.379 e. The van der Waals surface area contributed by atoms with Gasteiger partial charge in [0.05, 0.1) is 19.3 Å². The average molecular weight is 379 g/mol. The van der Waals surface area contributed by atoms with Gasteiger partial charge in [-0.3, -0.25) is 9.89 Å². The largest absolute Gasteiger partial charge is 0.379 e. The smallest absolute Gasteiger partial charge is 0.191 e. The lowest BCUT2D eigenvalue weighted by Gasteiger charge is -2.35. The van der Waals surface area contributed by atoms with Crippen molar-refractivity contribution in [2.24, 2.45) is 4.99 Å². The van der Waals surface area contributed by atoms with Crippen molar-refractivity contribution in [3.05, 3.63) is 35.4 Å². The zero-order valence-corrected chi connectivity index (χ0v) is 17.7. The first-order valence-electron chi connectivity index (χ1n) is 9.33. The zero-order chi connectivity index (χ0) is 19.0. The van der Waals surface area contributed by atoms with Crippen molar-refractivity contribution < 1.29 is 4.74 Å². The SMILES string of the molecule is CN=C(NCC(c1cccc(C)c1)N1CCOCC1)NCC(C)(C)SC. The van der Waals surface area contributed by atoms with Crippen molar-refractivity contribution in [3.8, 4) is 0 Å². The van der Waals surface area contributed by atoms with E-state index in [4.69, 9.17) is 4.74 Å². The highest BCUT2D eigenvalue weighted by Gasteiger charge is 2.23. The first kappa shape index (κ1) is 21.1. The maximum absolute atomic E-state index is 5.54. The van der Waals surface area contributed by atoms with Crippen LogP contribution in [0.5, 0.6) is 0 Å². The maximum atomic E-state index is 5.54. The van der Waals surface area contributed by atoms with Crippen LogP contribution in [-0.2, 0) is 4.74 Å². The van der Waals surface area contributed by atoms with Gasteiger partial charge in [0.2, 0.25) is 0 Å². The summed E-state index contributed by atoms with van der Waals surface area (Å²) in [6.07, 6.45) is 2.14. The number of hydrogen-bond acceptors (Lipinski definition) is 4. The van der Waals surface area contributed by atoms with Crippen LogP contribution in [-0.4, -0.2) is 68.3 Å². The number of thioether (sulfide) groups is 1. The monoisotopic (exact) mass is 378 g/mol. The molecular weight excluding hydrogens is 344 g/mol. The van der Waals surface area contributed by atoms with Crippen molar-refractivity contribution in [3.63, 3.8) is 0 Å². The Labute approximate surface area is 163 Å². The van der Waals surface area contributed by atoms with E-state index in [1.165, 1.54) is 11.1 Å². The summed E-state index contributed by atoms with van der Waals surface area (Å²) in [5.74, 6) is 0.859. The molecule has 0 aromatic heterocycles. The van der Waals surface area contributed by atoms with E-state index in [9.17, 15) is 0 Å². The summed E-state index contributed by atoms with van der Waals surface area (Å²) in [6.45, 7) is 11.9. The molecular formula is C20H34N4OS. The second kappa shape index (κ2) is 10.2. The molecule has 5 nitrogen and oxygen atoms in total. The number of morpholine rings is 1. The van der Waals surface area contributed by atoms with Crippen LogP contribution in [0.3, 0.4) is 0 Å². The number of aliphatic imine (C=N–C) groups is 1. The van der Waals surface area contributed by atoms with E-state index >= 15 is 0 Å². The molecule has 1 aliphatic heterocycles. The third-order valence-electron chi connectivity index (χ3n) is 4.83. The van der Waals surface area contributed by atoms with E-state index < -0.39 is 0 Å². The molecule has 0 amide bonds. The highest BCUT2D eigenvalue weighted by Crippen LogP contribution is 2.22. The quantitative estimate of drug-likeness (QED) is 0.564. The van der Waals surface area contributed by atoms with Gasteiger partial charge in [0.25, 0.3) is 0 Å². The van der Waals surface area contributed by atoms with E-state index in [1.54, 1.807) is 0 Å². The third kappa shape index (κ3) is 6.49. The Kier molecular flexibility index (Phi) is 8.25. The van der Waals surface area contributed by atoms with Gasteiger partial charge in [-0.15, -0.1) is 0 Å². The molecule has 0 radical (unpaired) electrons. The van der Waals surface area contributed by atoms with Gasteiger partial charge in [-0.2, -0.15) is 11.8 Å². The maximum Gasteiger partial charge on any atom is 0.191 e. The second-order valence-corrected chi connectivity index (χ2v) is 8.86. The number of hydrogen-bond donors (Lipinski definition) is 2. The fraction of sp³-hybridized carbons (Fsp3) is 0.650. The predicted octanol–water partition coefficient (Wildman–Crippen LogP) is 2.67. The highest BCUT2D eigenvalue weighted by atomic mass is 32.2. The number of rotatable bonds is 7. The Morgan fingerprint density at radius 2 is 2.04 bits per heavy atom. The van der Waals surface area contributed by atoms with Crippen LogP contribution < -0.4 is 10.6 Å². The normalized spacial score (nSPS) is 17.8. The number of guanidine groups is 1. The minimum absolute atomic E-state index is 0.178. The summed E-state index contributed by atoms with van der Waals surface area (Å²) >= 11 is 1.86. The van der Waals surface area contributed by atoms with Crippen LogP contribution in [0, 0.1) is 6.92 Å². The number of benzene rings is 1. The Balaban J connectivity index is 2.03. The van der Waals surface area contributed by atoms with Crippen molar-refractivity contribution >= 4 is 17.7 Å². The predicted molar refractivity (Wildman–Crippen MR) is 113 cm³/mol. The molecule has 26 heavy (non-hydrogen) atoms. The lowest BCUT2D eigenvalue weighted by atomic mass is 10.0. The summed E-state index contributed by atoms with van der Waals surface area (Å²) in [5.41, 5.74) is 2.64. The molecule has 0 aliphatic carbocycles. The van der Waals surface area contributed by atoms with E-state index in [0.29, 0.717) is 6.04 Å². The molecule has 1 saturated heterocycles. The fourth-order valence-corrected chi connectivity index (χ4v) is 3.22. The van der Waals surface area contributed by atoms with Gasteiger partial charge in [-0.25, -0.2) is 0 Å². The van der Waals surface area contributed by atoms with Gasteiger partial charge in [0, 0.05) is 38.0 Å². The van der Waals surface area contributed by atoms with Gasteiger partial charge in [-0.1, -0.05) is 29.8 Å². The molecule has 1 aromatic rings. The van der Waals surface area contributed by atoms with Gasteiger partial charge >= 0.3 is 0 Å². The lowest BCUT2D eigenvalue weighted by Crippen LogP contribution is -2.48. The molecule has 2 rings (SSSR count). The number of nitrogens with one attached hydrogen (secondary N) is 2. The number of aryl methyl sites for hydroxylation is 1. The summed E-state index contributed by atoms with van der Waals surface area (Å²) in [4.78, 5) is 6.90. The molecule has 2 N–H and O–H groups in total. The summed E-state index contributed by atoms with van der Waals surface area (Å²) < 4.78 is 5.72. The number of ether oxygens (including phenoxy) is 1. The van der Waals surface area contributed by atoms with Crippen molar-refractivity contribution in [1.29, 1.82) is 0 Å². The van der Waals surface area contributed by atoms with E-state index in [2.05, 4.69) is 71.8 Å². The van der Waals surface area contributed by atoms with Gasteiger partial charge in [0.1, 0.15) is 0 Å². The molecule has 1 aromatic carbocycles. The van der Waals surface area contributed by atoms with E-state index in [-0.39, 0.29) is 4.75 Å². The molecule has 1 heterocycles. The van der Waals surface area contributed by atoms with Crippen LogP contribution in [0.15, 0.2) is 29.3 Å². The van der Waals surface area contributed by atoms with Gasteiger partial charge < -0.3 is 15.4 Å². The second-order valence-electron chi connectivity index (χ2n) is 7.35. The Morgan fingerprint density at radius 3 is 2.65 bits per heavy atom. The lowest BCUT2D eigenvalue weighted by molar-refractivity contribution is 0.0170. The molecule has 1 unspecified atom stereocenters. The van der Waals surface area contributed by atoms with Crippen LogP contribution in [0.1, 0.15) is 31.0 Å². The Morgan fingerprint density at radius 1 is 1.31 bits per heavy atom. The van der Waals surface area contributed by atoms with Crippen LogP contribution in [0.4, 0.5) is 0 Å². The van der Waals surface area contributed by atoms with Crippen LogP contribution in [0.2, 0.25) is 0 Å². The zero-order valence-electron chi connectivity index (χ0n) is 16.8. The molecule has 1 aliphatic rings. The standard InChI is InChI=1S/C20H34N4OS/c1-16-7-6-8-17(13-16)18(24-9-11-25-12-10-24)14-22-19(21-4)23-15-20(2,3)26-5/h6-8,13,18H,9-12,14-15H2,1-5H3,(H2,21,22,23). The summed E-state index contributed by atoms with van der Waals surface area (Å²) in [5, 5.41) is 6.99. The topological polar surface area (TPSA) is 48.9 Å². The van der Waals surface area contributed by atoms with Crippen molar-refractivity contribution in [1.82, 2.24) is 15.5 Å². The third-order valence-corrected chi connectivity index (χ3v) is 6.08. The molecule has 1 atom stereocenters. The minimum atomic E-state index is 0.178.